The molecule has 1 aliphatic rings. The zero-order valence-electron chi connectivity index (χ0n) is 44.2. The van der Waals surface area contributed by atoms with Crippen LogP contribution in [-0.4, -0.2) is 0 Å². The molecular formula is C76H58N2. The topological polar surface area (TPSA) is 6.48 Å². The zero-order valence-corrected chi connectivity index (χ0v) is 44.2. The number of hydrogen-bond donors (Lipinski definition) is 0. The Balaban J connectivity index is 0.874. The van der Waals surface area contributed by atoms with E-state index in [4.69, 9.17) is 0 Å². The van der Waals surface area contributed by atoms with Crippen LogP contribution in [0.4, 0.5) is 34.1 Å². The molecule has 0 aromatic heterocycles. The van der Waals surface area contributed by atoms with Gasteiger partial charge in [0.15, 0.2) is 0 Å². The molecule has 13 rings (SSSR count). The van der Waals surface area contributed by atoms with E-state index >= 15 is 0 Å². The van der Waals surface area contributed by atoms with Gasteiger partial charge < -0.3 is 9.80 Å². The van der Waals surface area contributed by atoms with Gasteiger partial charge in [-0.15, -0.1) is 0 Å². The van der Waals surface area contributed by atoms with Crippen molar-refractivity contribution in [2.45, 2.75) is 26.2 Å². The van der Waals surface area contributed by atoms with Crippen molar-refractivity contribution in [1.29, 1.82) is 0 Å². The van der Waals surface area contributed by atoms with Gasteiger partial charge in [0.1, 0.15) is 0 Å². The first-order chi connectivity index (χ1) is 38.4. The highest BCUT2D eigenvalue weighted by Gasteiger charge is 2.37. The Hall–Kier alpha value is -9.76. The molecule has 0 N–H and O–H groups in total. The average molecular weight is 999 g/mol. The minimum atomic E-state index is -0.120. The van der Waals surface area contributed by atoms with Crippen molar-refractivity contribution in [2.75, 3.05) is 9.80 Å². The van der Waals surface area contributed by atoms with Crippen molar-refractivity contribution in [1.82, 2.24) is 0 Å². The molecule has 2 nitrogen and oxygen atoms in total. The summed E-state index contributed by atoms with van der Waals surface area (Å²) in [6.07, 6.45) is 0. The number of nitrogens with zero attached hydrogens (tertiary/aromatic N) is 2. The lowest BCUT2D eigenvalue weighted by atomic mass is 9.82. The van der Waals surface area contributed by atoms with Gasteiger partial charge in [0, 0.05) is 39.5 Å². The highest BCUT2D eigenvalue weighted by Crippen LogP contribution is 2.52. The van der Waals surface area contributed by atoms with Gasteiger partial charge in [0.2, 0.25) is 0 Å². The smallest absolute Gasteiger partial charge is 0.0465 e. The van der Waals surface area contributed by atoms with Crippen LogP contribution in [0.5, 0.6) is 0 Å². The normalized spacial score (nSPS) is 12.1. The SMILES string of the molecule is Cc1cccc2c1-c1ccc(N(c3ccccc3)c3ccc(-c4cc(-c5ccccc5)c(-c5ccc(N(c6ccccc6)c6ccc(-c7ccc(-c8ccccc8)cc7)cc6)cc5)cc4-c4ccccc4)cc3)cc1C2(C)C. The van der Waals surface area contributed by atoms with E-state index in [0.29, 0.717) is 0 Å². The number of para-hydroxylation sites is 2. The second kappa shape index (κ2) is 20.4. The van der Waals surface area contributed by atoms with E-state index < -0.39 is 0 Å². The standard InChI is InChI=1S/C76H58N2/c1-53-20-19-31-73-75(53)68-49-48-67(50-74(68)76(73,2)3)78(63-29-17-8-18-30-63)66-46-40-61(41-47-66)72-52-69(58-23-11-5-12-24-58)71(51-70(72)59-25-13-6-14-26-59)60-38-44-65(45-39-60)77(62-27-15-7-16-28-62)64-42-36-57(37-43-64)56-34-32-55(33-35-56)54-21-9-4-10-22-54/h4-52H,1-3H3. The molecule has 0 unspecified atom stereocenters. The van der Waals surface area contributed by atoms with Crippen molar-refractivity contribution >= 4 is 34.1 Å². The molecule has 0 spiro atoms. The lowest BCUT2D eigenvalue weighted by molar-refractivity contribution is 0.660. The molecule has 0 radical (unpaired) electrons. The van der Waals surface area contributed by atoms with Crippen LogP contribution in [0.15, 0.2) is 297 Å². The largest absolute Gasteiger partial charge is 0.311 e. The van der Waals surface area contributed by atoms with Crippen LogP contribution in [0, 0.1) is 6.92 Å². The van der Waals surface area contributed by atoms with Crippen LogP contribution in [-0.2, 0) is 5.41 Å². The quantitative estimate of drug-likeness (QED) is 0.120. The Morgan fingerprint density at radius 2 is 0.538 bits per heavy atom. The van der Waals surface area contributed by atoms with Crippen molar-refractivity contribution in [3.05, 3.63) is 314 Å². The molecule has 2 heteroatoms. The first kappa shape index (κ1) is 47.9. The number of fused-ring (bicyclic) bond motifs is 3. The van der Waals surface area contributed by atoms with Crippen LogP contribution in [0.3, 0.4) is 0 Å². The highest BCUT2D eigenvalue weighted by molar-refractivity contribution is 5.96. The molecule has 0 amide bonds. The molecule has 1 aliphatic carbocycles. The van der Waals surface area contributed by atoms with Crippen LogP contribution >= 0.6 is 0 Å². The van der Waals surface area contributed by atoms with Gasteiger partial charge in [-0.05, 0) is 186 Å². The fourth-order valence-electron chi connectivity index (χ4n) is 11.8. The molecule has 0 aliphatic heterocycles. The molecule has 0 saturated carbocycles. The van der Waals surface area contributed by atoms with E-state index in [9.17, 15) is 0 Å². The summed E-state index contributed by atoms with van der Waals surface area (Å²) in [4.78, 5) is 4.74. The summed E-state index contributed by atoms with van der Waals surface area (Å²) in [7, 11) is 0. The molecule has 12 aromatic rings. The minimum absolute atomic E-state index is 0.120. The van der Waals surface area contributed by atoms with Crippen molar-refractivity contribution < 1.29 is 0 Å². The first-order valence-corrected chi connectivity index (χ1v) is 27.1. The second-order valence-electron chi connectivity index (χ2n) is 21.0. The zero-order chi connectivity index (χ0) is 52.6. The molecule has 0 saturated heterocycles. The molecule has 0 heterocycles. The van der Waals surface area contributed by atoms with E-state index in [1.807, 2.05) is 0 Å². The molecular weight excluding hydrogens is 941 g/mol. The third kappa shape index (κ3) is 8.97. The summed E-state index contributed by atoms with van der Waals surface area (Å²) in [6.45, 7) is 6.97. The van der Waals surface area contributed by atoms with Crippen molar-refractivity contribution in [3.8, 4) is 77.9 Å². The van der Waals surface area contributed by atoms with Gasteiger partial charge >= 0.3 is 0 Å². The molecule has 0 fully saturated rings. The lowest BCUT2D eigenvalue weighted by Gasteiger charge is -2.28. The van der Waals surface area contributed by atoms with Crippen molar-refractivity contribution in [3.63, 3.8) is 0 Å². The third-order valence-corrected chi connectivity index (χ3v) is 15.8. The van der Waals surface area contributed by atoms with E-state index in [1.54, 1.807) is 0 Å². The molecule has 0 bridgehead atoms. The summed E-state index contributed by atoms with van der Waals surface area (Å²) in [6, 6.07) is 108. The number of anilines is 6. The van der Waals surface area contributed by atoms with Gasteiger partial charge in [-0.1, -0.05) is 226 Å². The number of aryl methyl sites for hydroxylation is 1. The Labute approximate surface area is 459 Å². The van der Waals surface area contributed by atoms with Crippen LogP contribution in [0.1, 0.15) is 30.5 Å². The number of hydrogen-bond acceptors (Lipinski definition) is 2. The Kier molecular flexibility index (Phi) is 12.5. The second-order valence-corrected chi connectivity index (χ2v) is 21.0. The van der Waals surface area contributed by atoms with Gasteiger partial charge in [-0.3, -0.25) is 0 Å². The number of rotatable bonds is 12. The Morgan fingerprint density at radius 3 is 0.962 bits per heavy atom. The summed E-state index contributed by atoms with van der Waals surface area (Å²) in [5.74, 6) is 0. The maximum Gasteiger partial charge on any atom is 0.0465 e. The lowest BCUT2D eigenvalue weighted by Crippen LogP contribution is -2.16. The maximum atomic E-state index is 2.42. The summed E-state index contributed by atoms with van der Waals surface area (Å²) in [5, 5.41) is 0. The molecule has 78 heavy (non-hydrogen) atoms. The summed E-state index contributed by atoms with van der Waals surface area (Å²) < 4.78 is 0. The van der Waals surface area contributed by atoms with Gasteiger partial charge in [-0.2, -0.15) is 0 Å². The van der Waals surface area contributed by atoms with Crippen molar-refractivity contribution in [2.24, 2.45) is 0 Å². The van der Waals surface area contributed by atoms with Gasteiger partial charge in [0.05, 0.1) is 0 Å². The van der Waals surface area contributed by atoms with Crippen LogP contribution in [0.25, 0.3) is 77.9 Å². The predicted molar refractivity (Wildman–Crippen MR) is 331 cm³/mol. The highest BCUT2D eigenvalue weighted by atomic mass is 15.1. The first-order valence-electron chi connectivity index (χ1n) is 27.1. The minimum Gasteiger partial charge on any atom is -0.311 e. The predicted octanol–water partition coefficient (Wildman–Crippen LogP) is 21.2. The van der Waals surface area contributed by atoms with E-state index in [-0.39, 0.29) is 5.41 Å². The monoisotopic (exact) mass is 998 g/mol. The van der Waals surface area contributed by atoms with E-state index in [0.717, 1.165) is 45.3 Å². The Morgan fingerprint density at radius 1 is 0.231 bits per heavy atom. The molecule has 0 atom stereocenters. The van der Waals surface area contributed by atoms with E-state index in [2.05, 4.69) is 328 Å². The van der Waals surface area contributed by atoms with Gasteiger partial charge in [0.25, 0.3) is 0 Å². The average Bonchev–Trinajstić information content (AvgIpc) is 3.95. The van der Waals surface area contributed by atoms with Crippen LogP contribution < -0.4 is 9.80 Å². The summed E-state index contributed by atoms with van der Waals surface area (Å²) in [5.41, 5.74) is 27.5. The maximum absolute atomic E-state index is 2.42. The van der Waals surface area contributed by atoms with Crippen LogP contribution in [0.2, 0.25) is 0 Å². The fourth-order valence-corrected chi connectivity index (χ4v) is 11.8. The van der Waals surface area contributed by atoms with Gasteiger partial charge in [-0.25, -0.2) is 0 Å². The fraction of sp³-hybridized carbons (Fsp3) is 0.0526. The molecule has 12 aromatic carbocycles. The van der Waals surface area contributed by atoms with E-state index in [1.165, 1.54) is 83.5 Å². The number of benzene rings is 12. The Bertz CT molecular complexity index is 4040. The third-order valence-electron chi connectivity index (χ3n) is 15.8. The molecule has 372 valence electrons. The summed E-state index contributed by atoms with van der Waals surface area (Å²) >= 11 is 0.